The fourth-order valence-corrected chi connectivity index (χ4v) is 4.45. The average Bonchev–Trinajstić information content (AvgIpc) is 2.85. The number of carbonyl (C=O) groups excluding carboxylic acids is 1. The van der Waals surface area contributed by atoms with Gasteiger partial charge in [0.2, 0.25) is 10.0 Å². The molecular weight excluding hydrogens is 464 g/mol. The van der Waals surface area contributed by atoms with E-state index in [9.17, 15) is 18.0 Å². The van der Waals surface area contributed by atoms with Crippen LogP contribution in [0, 0.1) is 0 Å². The number of sulfonamides is 1. The number of nitrogens with zero attached hydrogens (tertiary/aromatic N) is 3. The van der Waals surface area contributed by atoms with Gasteiger partial charge in [-0.15, -0.1) is 5.10 Å². The Morgan fingerprint density at radius 2 is 1.85 bits per heavy atom. The summed E-state index contributed by atoms with van der Waals surface area (Å²) in [4.78, 5) is 24.4. The van der Waals surface area contributed by atoms with Crippen molar-refractivity contribution in [3.63, 3.8) is 0 Å². The van der Waals surface area contributed by atoms with Crippen LogP contribution in [0.4, 0.5) is 0 Å². The van der Waals surface area contributed by atoms with Gasteiger partial charge in [0.15, 0.2) is 18.2 Å². The number of benzene rings is 2. The molecular formula is C22H24N4O7S. The molecule has 0 amide bonds. The van der Waals surface area contributed by atoms with E-state index in [0.717, 1.165) is 4.68 Å². The number of hydrogen-bond acceptors (Lipinski definition) is 9. The molecule has 11 nitrogen and oxygen atoms in total. The Morgan fingerprint density at radius 3 is 2.71 bits per heavy atom. The van der Waals surface area contributed by atoms with Crippen LogP contribution in [0.15, 0.2) is 52.2 Å². The molecule has 0 atom stereocenters. The minimum Gasteiger partial charge on any atom is -0.486 e. The fourth-order valence-electron chi connectivity index (χ4n) is 3.37. The molecule has 0 saturated heterocycles. The van der Waals surface area contributed by atoms with Crippen LogP contribution in [0.25, 0.3) is 10.9 Å². The van der Waals surface area contributed by atoms with Crippen LogP contribution in [0.5, 0.6) is 11.5 Å². The summed E-state index contributed by atoms with van der Waals surface area (Å²) < 4.78 is 44.4. The van der Waals surface area contributed by atoms with Crippen molar-refractivity contribution in [3.8, 4) is 11.5 Å². The van der Waals surface area contributed by atoms with Gasteiger partial charge in [-0.3, -0.25) is 9.59 Å². The summed E-state index contributed by atoms with van der Waals surface area (Å²) in [5.74, 6) is 0.456. The summed E-state index contributed by atoms with van der Waals surface area (Å²) in [6.45, 7) is 0.721. The van der Waals surface area contributed by atoms with E-state index in [1.165, 1.54) is 12.1 Å². The van der Waals surface area contributed by atoms with Gasteiger partial charge in [-0.05, 0) is 37.1 Å². The van der Waals surface area contributed by atoms with E-state index < -0.39 is 16.0 Å². The number of ether oxygens (including phenoxy) is 3. The number of rotatable bonds is 10. The molecule has 0 bridgehead atoms. The third kappa shape index (κ3) is 5.69. The Hall–Kier alpha value is -3.51. The van der Waals surface area contributed by atoms with E-state index >= 15 is 0 Å². The number of esters is 1. The molecule has 0 spiro atoms. The lowest BCUT2D eigenvalue weighted by atomic mass is 10.2. The predicted octanol–water partition coefficient (Wildman–Crippen LogP) is 1.60. The molecule has 1 aromatic heterocycles. The first-order chi connectivity index (χ1) is 16.4. The van der Waals surface area contributed by atoms with E-state index in [0.29, 0.717) is 54.9 Å². The molecule has 1 N–H and O–H groups in total. The van der Waals surface area contributed by atoms with E-state index in [-0.39, 0.29) is 30.2 Å². The standard InChI is InChI=1S/C22H24N4O7S/c27-21(33-15-26-22(28)17-6-3-4-7-18(17)24-25-26)8-2-1-5-11-23-34(29,30)16-9-10-19-20(14-16)32-13-12-31-19/h3-4,6-7,9-10,14,23H,1-2,5,8,11-13,15H2. The molecule has 1 aliphatic rings. The van der Waals surface area contributed by atoms with Crippen molar-refractivity contribution in [1.29, 1.82) is 0 Å². The fraction of sp³-hybridized carbons (Fsp3) is 0.364. The SMILES string of the molecule is O=C(CCCCCNS(=O)(=O)c1ccc2c(c1)OCCO2)OCn1nnc2ccccc2c1=O. The number of carbonyl (C=O) groups is 1. The van der Waals surface area contributed by atoms with Gasteiger partial charge in [0, 0.05) is 19.0 Å². The first-order valence-corrected chi connectivity index (χ1v) is 12.3. The molecule has 1 aliphatic heterocycles. The highest BCUT2D eigenvalue weighted by molar-refractivity contribution is 7.89. The summed E-state index contributed by atoms with van der Waals surface area (Å²) in [7, 11) is -3.68. The van der Waals surface area contributed by atoms with E-state index in [1.54, 1.807) is 30.3 Å². The number of hydrogen-bond donors (Lipinski definition) is 1. The Kier molecular flexibility index (Phi) is 7.38. The molecule has 0 fully saturated rings. The minimum absolute atomic E-state index is 0.104. The van der Waals surface area contributed by atoms with Gasteiger partial charge in [0.05, 0.1) is 10.3 Å². The first-order valence-electron chi connectivity index (χ1n) is 10.8. The van der Waals surface area contributed by atoms with E-state index in [1.807, 2.05) is 0 Å². The largest absolute Gasteiger partial charge is 0.486 e. The smallest absolute Gasteiger partial charge is 0.307 e. The molecule has 0 aliphatic carbocycles. The topological polar surface area (TPSA) is 139 Å². The van der Waals surface area contributed by atoms with Gasteiger partial charge >= 0.3 is 5.97 Å². The Bertz CT molecular complexity index is 1340. The Balaban J connectivity index is 1.16. The maximum Gasteiger partial charge on any atom is 0.307 e. The Labute approximate surface area is 195 Å². The maximum absolute atomic E-state index is 12.5. The molecule has 0 saturated carbocycles. The molecule has 2 heterocycles. The highest BCUT2D eigenvalue weighted by Crippen LogP contribution is 2.32. The van der Waals surface area contributed by atoms with Gasteiger partial charge in [-0.1, -0.05) is 23.8 Å². The lowest BCUT2D eigenvalue weighted by molar-refractivity contribution is -0.148. The van der Waals surface area contributed by atoms with Crippen molar-refractivity contribution < 1.29 is 27.4 Å². The zero-order valence-corrected chi connectivity index (χ0v) is 19.1. The molecule has 180 valence electrons. The number of nitrogens with one attached hydrogen (secondary N) is 1. The van der Waals surface area contributed by atoms with Crippen LogP contribution in [0.3, 0.4) is 0 Å². The monoisotopic (exact) mass is 488 g/mol. The summed E-state index contributed by atoms with van der Waals surface area (Å²) in [5, 5.41) is 8.09. The van der Waals surface area contributed by atoms with Crippen LogP contribution >= 0.6 is 0 Å². The summed E-state index contributed by atoms with van der Waals surface area (Å²) in [6.07, 6.45) is 1.83. The molecule has 0 radical (unpaired) electrons. The van der Waals surface area contributed by atoms with Crippen LogP contribution in [0.1, 0.15) is 25.7 Å². The third-order valence-electron chi connectivity index (χ3n) is 5.15. The van der Waals surface area contributed by atoms with Crippen LogP contribution in [0.2, 0.25) is 0 Å². The zero-order chi connectivity index (χ0) is 24.0. The van der Waals surface area contributed by atoms with Crippen molar-refractivity contribution in [2.24, 2.45) is 0 Å². The summed E-state index contributed by atoms with van der Waals surface area (Å²) in [6, 6.07) is 11.3. The van der Waals surface area contributed by atoms with Crippen molar-refractivity contribution in [3.05, 3.63) is 52.8 Å². The predicted molar refractivity (Wildman–Crippen MR) is 121 cm³/mol. The molecule has 2 aromatic carbocycles. The summed E-state index contributed by atoms with van der Waals surface area (Å²) >= 11 is 0. The normalized spacial score (nSPS) is 13.1. The van der Waals surface area contributed by atoms with Crippen molar-refractivity contribution >= 4 is 26.9 Å². The highest BCUT2D eigenvalue weighted by atomic mass is 32.2. The van der Waals surface area contributed by atoms with E-state index in [4.69, 9.17) is 14.2 Å². The molecule has 34 heavy (non-hydrogen) atoms. The second kappa shape index (κ2) is 10.6. The lowest BCUT2D eigenvalue weighted by Gasteiger charge is -2.18. The van der Waals surface area contributed by atoms with Gasteiger partial charge in [0.1, 0.15) is 18.7 Å². The second-order valence-electron chi connectivity index (χ2n) is 7.57. The first kappa shape index (κ1) is 23.6. The number of unbranched alkanes of at least 4 members (excludes halogenated alkanes) is 2. The van der Waals surface area contributed by atoms with Crippen molar-refractivity contribution in [1.82, 2.24) is 19.7 Å². The van der Waals surface area contributed by atoms with Crippen LogP contribution in [-0.2, 0) is 26.3 Å². The van der Waals surface area contributed by atoms with Crippen LogP contribution < -0.4 is 19.8 Å². The van der Waals surface area contributed by atoms with Gasteiger partial charge < -0.3 is 14.2 Å². The van der Waals surface area contributed by atoms with Gasteiger partial charge in [0.25, 0.3) is 5.56 Å². The maximum atomic E-state index is 12.5. The average molecular weight is 489 g/mol. The molecule has 3 aromatic rings. The number of aromatic nitrogens is 3. The highest BCUT2D eigenvalue weighted by Gasteiger charge is 2.19. The molecule has 12 heteroatoms. The van der Waals surface area contributed by atoms with E-state index in [2.05, 4.69) is 15.0 Å². The van der Waals surface area contributed by atoms with Crippen LogP contribution in [-0.4, -0.2) is 49.1 Å². The minimum atomic E-state index is -3.68. The van der Waals surface area contributed by atoms with Gasteiger partial charge in [-0.2, -0.15) is 4.68 Å². The quantitative estimate of drug-likeness (QED) is 0.333. The lowest BCUT2D eigenvalue weighted by Crippen LogP contribution is -2.26. The van der Waals surface area contributed by atoms with Crippen molar-refractivity contribution in [2.45, 2.75) is 37.3 Å². The summed E-state index contributed by atoms with van der Waals surface area (Å²) in [5.41, 5.74) is 0.0865. The zero-order valence-electron chi connectivity index (χ0n) is 18.3. The second-order valence-corrected chi connectivity index (χ2v) is 9.34. The molecule has 4 rings (SSSR count). The number of fused-ring (bicyclic) bond motifs is 2. The van der Waals surface area contributed by atoms with Gasteiger partial charge in [-0.25, -0.2) is 13.1 Å². The Morgan fingerprint density at radius 1 is 1.06 bits per heavy atom. The molecule has 0 unspecified atom stereocenters. The third-order valence-corrected chi connectivity index (χ3v) is 6.61. The van der Waals surface area contributed by atoms with Crippen molar-refractivity contribution in [2.75, 3.05) is 19.8 Å².